The first-order valence-corrected chi connectivity index (χ1v) is 4.36. The molecule has 0 aromatic carbocycles. The molecule has 8 heteroatoms. The Bertz CT molecular complexity index is 465. The number of halogens is 3. The third-order valence-corrected chi connectivity index (χ3v) is 2.01. The van der Waals surface area contributed by atoms with Gasteiger partial charge in [-0.05, 0) is 24.6 Å². The molecule has 0 fully saturated rings. The van der Waals surface area contributed by atoms with Gasteiger partial charge >= 0.3 is 5.69 Å². The molecule has 0 N–H and O–H groups in total. The summed E-state index contributed by atoms with van der Waals surface area (Å²) in [6.07, 6.45) is -2.92. The van der Waals surface area contributed by atoms with E-state index in [1.807, 2.05) is 0 Å². The maximum absolute atomic E-state index is 12.3. The Morgan fingerprint density at radius 2 is 2.19 bits per heavy atom. The topological polar surface area (TPSA) is 73.1 Å². The highest BCUT2D eigenvalue weighted by Gasteiger charge is 2.26. The van der Waals surface area contributed by atoms with E-state index < -0.39 is 33.5 Å². The maximum atomic E-state index is 12.3. The van der Waals surface area contributed by atoms with Crippen molar-refractivity contribution in [3.63, 3.8) is 0 Å². The molecule has 0 bridgehead atoms. The summed E-state index contributed by atoms with van der Waals surface area (Å²) in [7, 11) is 0. The Balaban J connectivity index is 3.52. The largest absolute Gasteiger partial charge is 0.302 e. The summed E-state index contributed by atoms with van der Waals surface area (Å²) in [5, 5.41) is 9.43. The van der Waals surface area contributed by atoms with Gasteiger partial charge in [-0.1, -0.05) is 0 Å². The molecule has 1 rings (SSSR count). The third kappa shape index (κ3) is 2.30. The number of hydrogen-bond donors (Lipinski definition) is 0. The number of nitrogens with zero attached hydrogens (tertiary/aromatic N) is 2. The highest BCUT2D eigenvalue weighted by atomic mass is 35.5. The minimum atomic E-state index is -2.92. The van der Waals surface area contributed by atoms with Gasteiger partial charge < -0.3 is 0 Å². The zero-order valence-corrected chi connectivity index (χ0v) is 8.66. The second kappa shape index (κ2) is 4.48. The Kier molecular flexibility index (Phi) is 3.48. The fourth-order valence-corrected chi connectivity index (χ4v) is 1.33. The van der Waals surface area contributed by atoms with Crippen LogP contribution in [0, 0.1) is 17.0 Å². The molecule has 16 heavy (non-hydrogen) atoms. The standard InChI is InChI=1S/C8H5ClF2N2O3/c1-3-6(13(15)16)4(7(9)14)2-5(12-3)8(10)11/h2,8H,1H3. The molecular weight excluding hydrogens is 246 g/mol. The monoisotopic (exact) mass is 250 g/mol. The number of aryl methyl sites for hydroxylation is 1. The van der Waals surface area contributed by atoms with Gasteiger partial charge in [0.1, 0.15) is 17.0 Å². The van der Waals surface area contributed by atoms with Crippen molar-refractivity contribution in [3.05, 3.63) is 33.1 Å². The number of pyridine rings is 1. The van der Waals surface area contributed by atoms with Gasteiger partial charge in [0.2, 0.25) is 0 Å². The summed E-state index contributed by atoms with van der Waals surface area (Å²) in [4.78, 5) is 23.9. The summed E-state index contributed by atoms with van der Waals surface area (Å²) in [5.74, 6) is 0. The molecule has 0 aliphatic rings. The molecule has 0 aliphatic heterocycles. The summed E-state index contributed by atoms with van der Waals surface area (Å²) in [5.41, 5.74) is -2.21. The zero-order valence-electron chi connectivity index (χ0n) is 7.91. The van der Waals surface area contributed by atoms with Crippen LogP contribution in [0.3, 0.4) is 0 Å². The van der Waals surface area contributed by atoms with Crippen LogP contribution in [0.15, 0.2) is 6.07 Å². The van der Waals surface area contributed by atoms with Crippen molar-refractivity contribution in [1.82, 2.24) is 4.98 Å². The van der Waals surface area contributed by atoms with Gasteiger partial charge in [0, 0.05) is 0 Å². The lowest BCUT2D eigenvalue weighted by Crippen LogP contribution is -2.05. The van der Waals surface area contributed by atoms with E-state index in [-0.39, 0.29) is 5.69 Å². The van der Waals surface area contributed by atoms with E-state index in [1.165, 1.54) is 0 Å². The van der Waals surface area contributed by atoms with Crippen molar-refractivity contribution in [1.29, 1.82) is 0 Å². The van der Waals surface area contributed by atoms with Gasteiger partial charge in [-0.2, -0.15) is 0 Å². The van der Waals surface area contributed by atoms with E-state index in [1.54, 1.807) is 0 Å². The Labute approximate surface area is 93.2 Å². The molecule has 0 spiro atoms. The second-order valence-corrected chi connectivity index (χ2v) is 3.20. The summed E-state index contributed by atoms with van der Waals surface area (Å²) >= 11 is 5.09. The van der Waals surface area contributed by atoms with E-state index in [0.29, 0.717) is 6.07 Å². The van der Waals surface area contributed by atoms with Crippen molar-refractivity contribution in [2.75, 3.05) is 0 Å². The summed E-state index contributed by atoms with van der Waals surface area (Å²) in [6.45, 7) is 1.16. The Hall–Kier alpha value is -1.63. The van der Waals surface area contributed by atoms with Crippen molar-refractivity contribution < 1.29 is 18.5 Å². The van der Waals surface area contributed by atoms with Crippen molar-refractivity contribution in [3.8, 4) is 0 Å². The van der Waals surface area contributed by atoms with E-state index in [9.17, 15) is 23.7 Å². The smallest absolute Gasteiger partial charge is 0.275 e. The van der Waals surface area contributed by atoms with Crippen LogP contribution in [0.2, 0.25) is 0 Å². The van der Waals surface area contributed by atoms with Crippen LogP contribution in [0.5, 0.6) is 0 Å². The lowest BCUT2D eigenvalue weighted by molar-refractivity contribution is -0.386. The first-order valence-electron chi connectivity index (χ1n) is 3.98. The average molecular weight is 251 g/mol. The molecule has 0 unspecified atom stereocenters. The lowest BCUT2D eigenvalue weighted by atomic mass is 10.1. The van der Waals surface area contributed by atoms with Crippen molar-refractivity contribution in [2.24, 2.45) is 0 Å². The number of aromatic nitrogens is 1. The fourth-order valence-electron chi connectivity index (χ4n) is 1.18. The fraction of sp³-hybridized carbons (Fsp3) is 0.250. The maximum Gasteiger partial charge on any atom is 0.302 e. The molecule has 1 heterocycles. The molecule has 1 aromatic rings. The van der Waals surface area contributed by atoms with Crippen LogP contribution in [0.4, 0.5) is 14.5 Å². The van der Waals surface area contributed by atoms with Crippen LogP contribution in [0.25, 0.3) is 0 Å². The quantitative estimate of drug-likeness (QED) is 0.469. The Morgan fingerprint density at radius 1 is 1.62 bits per heavy atom. The average Bonchev–Trinajstić information content (AvgIpc) is 2.15. The van der Waals surface area contributed by atoms with Crippen molar-refractivity contribution >= 4 is 22.5 Å². The molecule has 0 aliphatic carbocycles. The van der Waals surface area contributed by atoms with Crippen LogP contribution in [-0.4, -0.2) is 15.1 Å². The summed E-state index contributed by atoms with van der Waals surface area (Å²) < 4.78 is 24.7. The van der Waals surface area contributed by atoms with Crippen LogP contribution < -0.4 is 0 Å². The van der Waals surface area contributed by atoms with Gasteiger partial charge in [-0.15, -0.1) is 0 Å². The van der Waals surface area contributed by atoms with E-state index >= 15 is 0 Å². The molecule has 1 aromatic heterocycles. The molecule has 0 atom stereocenters. The SMILES string of the molecule is Cc1nc(C(F)F)cc(C(=O)Cl)c1[N+](=O)[O-]. The number of carbonyl (C=O) groups excluding carboxylic acids is 1. The molecule has 0 amide bonds. The minimum Gasteiger partial charge on any atom is -0.275 e. The first kappa shape index (κ1) is 12.4. The number of carbonyl (C=O) groups is 1. The van der Waals surface area contributed by atoms with E-state index in [4.69, 9.17) is 11.6 Å². The number of rotatable bonds is 3. The molecule has 86 valence electrons. The van der Waals surface area contributed by atoms with Gasteiger partial charge in [0.15, 0.2) is 0 Å². The van der Waals surface area contributed by atoms with Gasteiger partial charge in [0.25, 0.3) is 11.7 Å². The van der Waals surface area contributed by atoms with Gasteiger partial charge in [-0.3, -0.25) is 14.9 Å². The summed E-state index contributed by atoms with van der Waals surface area (Å²) in [6, 6.07) is 0.630. The zero-order chi connectivity index (χ0) is 12.5. The van der Waals surface area contributed by atoms with Gasteiger partial charge in [0.05, 0.1) is 4.92 Å². The van der Waals surface area contributed by atoms with Crippen LogP contribution in [-0.2, 0) is 0 Å². The highest BCUT2D eigenvalue weighted by molar-refractivity contribution is 6.68. The molecular formula is C8H5ClF2N2O3. The number of alkyl halides is 2. The van der Waals surface area contributed by atoms with Gasteiger partial charge in [-0.25, -0.2) is 13.8 Å². The predicted molar refractivity (Wildman–Crippen MR) is 50.8 cm³/mol. The van der Waals surface area contributed by atoms with Crippen molar-refractivity contribution in [2.45, 2.75) is 13.3 Å². The highest BCUT2D eigenvalue weighted by Crippen LogP contribution is 2.28. The van der Waals surface area contributed by atoms with Crippen LogP contribution >= 0.6 is 11.6 Å². The Morgan fingerprint density at radius 3 is 2.56 bits per heavy atom. The van der Waals surface area contributed by atoms with Crippen LogP contribution in [0.1, 0.15) is 28.2 Å². The molecule has 0 saturated heterocycles. The van der Waals surface area contributed by atoms with E-state index in [2.05, 4.69) is 4.98 Å². The molecule has 5 nitrogen and oxygen atoms in total. The minimum absolute atomic E-state index is 0.271. The van der Waals surface area contributed by atoms with E-state index in [0.717, 1.165) is 6.92 Å². The number of hydrogen-bond acceptors (Lipinski definition) is 4. The lowest BCUT2D eigenvalue weighted by Gasteiger charge is -2.04. The molecule has 0 saturated carbocycles. The third-order valence-electron chi connectivity index (χ3n) is 1.80. The molecule has 0 radical (unpaired) electrons. The normalized spacial score (nSPS) is 10.6. The number of nitro groups is 1. The first-order chi connectivity index (χ1) is 7.34. The predicted octanol–water partition coefficient (Wildman–Crippen LogP) is 2.61. The second-order valence-electron chi connectivity index (χ2n) is 2.86.